The SMILES string of the molecule is CCOc1cc(CNCC2CCCO2)ccc1OCc1ccc(Cl)c(Cl)c1. The van der Waals surface area contributed by atoms with E-state index < -0.39 is 0 Å². The Labute approximate surface area is 170 Å². The van der Waals surface area contributed by atoms with Crippen molar-refractivity contribution in [2.75, 3.05) is 19.8 Å². The van der Waals surface area contributed by atoms with Crippen molar-refractivity contribution in [1.29, 1.82) is 0 Å². The maximum Gasteiger partial charge on any atom is 0.161 e. The zero-order valence-electron chi connectivity index (χ0n) is 15.5. The lowest BCUT2D eigenvalue weighted by molar-refractivity contribution is 0.110. The van der Waals surface area contributed by atoms with Gasteiger partial charge in [-0.3, -0.25) is 0 Å². The van der Waals surface area contributed by atoms with E-state index in [2.05, 4.69) is 11.4 Å². The van der Waals surface area contributed by atoms with Crippen LogP contribution in [0.25, 0.3) is 0 Å². The van der Waals surface area contributed by atoms with Crippen LogP contribution in [0.3, 0.4) is 0 Å². The highest BCUT2D eigenvalue weighted by Crippen LogP contribution is 2.30. The van der Waals surface area contributed by atoms with Crippen LogP contribution in [0.4, 0.5) is 0 Å². The summed E-state index contributed by atoms with van der Waals surface area (Å²) in [6, 6.07) is 11.5. The van der Waals surface area contributed by atoms with Crippen molar-refractivity contribution >= 4 is 23.2 Å². The van der Waals surface area contributed by atoms with Crippen molar-refractivity contribution in [1.82, 2.24) is 5.32 Å². The van der Waals surface area contributed by atoms with Crippen molar-refractivity contribution in [2.24, 2.45) is 0 Å². The van der Waals surface area contributed by atoms with Gasteiger partial charge in [-0.2, -0.15) is 0 Å². The fourth-order valence-corrected chi connectivity index (χ4v) is 3.34. The van der Waals surface area contributed by atoms with Crippen molar-refractivity contribution in [3.63, 3.8) is 0 Å². The molecule has 146 valence electrons. The van der Waals surface area contributed by atoms with E-state index in [9.17, 15) is 0 Å². The molecule has 2 aromatic carbocycles. The third-order valence-corrected chi connectivity index (χ3v) is 5.15. The number of nitrogens with one attached hydrogen (secondary N) is 1. The molecule has 1 saturated heterocycles. The van der Waals surface area contributed by atoms with E-state index in [0.29, 0.717) is 35.1 Å². The first-order valence-corrected chi connectivity index (χ1v) is 10.1. The second kappa shape index (κ2) is 10.2. The summed E-state index contributed by atoms with van der Waals surface area (Å²) in [6.45, 7) is 5.47. The van der Waals surface area contributed by atoms with Gasteiger partial charge in [0.05, 0.1) is 22.8 Å². The smallest absolute Gasteiger partial charge is 0.161 e. The van der Waals surface area contributed by atoms with Crippen molar-refractivity contribution in [3.8, 4) is 11.5 Å². The molecule has 6 heteroatoms. The Balaban J connectivity index is 1.59. The summed E-state index contributed by atoms with van der Waals surface area (Å²) >= 11 is 12.0. The second-order valence-electron chi connectivity index (χ2n) is 6.52. The summed E-state index contributed by atoms with van der Waals surface area (Å²) in [6.07, 6.45) is 2.63. The molecule has 1 heterocycles. The van der Waals surface area contributed by atoms with Gasteiger partial charge in [-0.15, -0.1) is 0 Å². The summed E-state index contributed by atoms with van der Waals surface area (Å²) in [4.78, 5) is 0. The van der Waals surface area contributed by atoms with Crippen LogP contribution in [0.1, 0.15) is 30.9 Å². The first-order valence-electron chi connectivity index (χ1n) is 9.30. The van der Waals surface area contributed by atoms with Gasteiger partial charge in [0.1, 0.15) is 6.61 Å². The molecule has 0 radical (unpaired) electrons. The normalized spacial score (nSPS) is 16.5. The maximum absolute atomic E-state index is 6.06. The van der Waals surface area contributed by atoms with Crippen molar-refractivity contribution < 1.29 is 14.2 Å². The van der Waals surface area contributed by atoms with Crippen LogP contribution in [0, 0.1) is 0 Å². The zero-order chi connectivity index (χ0) is 19.1. The molecule has 0 aliphatic carbocycles. The average Bonchev–Trinajstić information content (AvgIpc) is 3.17. The van der Waals surface area contributed by atoms with Gasteiger partial charge >= 0.3 is 0 Å². The number of hydrogen-bond donors (Lipinski definition) is 1. The summed E-state index contributed by atoms with van der Waals surface area (Å²) in [7, 11) is 0. The predicted octanol–water partition coefficient (Wildman–Crippen LogP) is 5.24. The monoisotopic (exact) mass is 409 g/mol. The highest BCUT2D eigenvalue weighted by atomic mass is 35.5. The van der Waals surface area contributed by atoms with Crippen LogP contribution in [0.15, 0.2) is 36.4 Å². The van der Waals surface area contributed by atoms with Crippen LogP contribution in [0.2, 0.25) is 10.0 Å². The Kier molecular flexibility index (Phi) is 7.65. The van der Waals surface area contributed by atoms with Crippen LogP contribution in [-0.2, 0) is 17.9 Å². The Bertz CT molecular complexity index is 748. The third kappa shape index (κ3) is 6.01. The molecule has 1 fully saturated rings. The van der Waals surface area contributed by atoms with Gasteiger partial charge in [-0.05, 0) is 55.2 Å². The lowest BCUT2D eigenvalue weighted by Gasteiger charge is -2.15. The average molecular weight is 410 g/mol. The summed E-state index contributed by atoms with van der Waals surface area (Å²) in [5.74, 6) is 1.46. The number of halogens is 2. The molecular weight excluding hydrogens is 385 g/mol. The van der Waals surface area contributed by atoms with Gasteiger partial charge in [0.2, 0.25) is 0 Å². The lowest BCUT2D eigenvalue weighted by Crippen LogP contribution is -2.25. The van der Waals surface area contributed by atoms with E-state index in [1.807, 2.05) is 31.2 Å². The van der Waals surface area contributed by atoms with E-state index in [4.69, 9.17) is 37.4 Å². The predicted molar refractivity (Wildman–Crippen MR) is 109 cm³/mol. The molecule has 1 unspecified atom stereocenters. The molecule has 1 aliphatic rings. The molecule has 0 spiro atoms. The molecule has 3 rings (SSSR count). The van der Waals surface area contributed by atoms with E-state index >= 15 is 0 Å². The Morgan fingerprint density at radius 3 is 2.63 bits per heavy atom. The maximum atomic E-state index is 6.06. The van der Waals surface area contributed by atoms with Crippen LogP contribution < -0.4 is 14.8 Å². The largest absolute Gasteiger partial charge is 0.490 e. The van der Waals surface area contributed by atoms with Gasteiger partial charge in [-0.25, -0.2) is 0 Å². The highest BCUT2D eigenvalue weighted by molar-refractivity contribution is 6.42. The minimum atomic E-state index is 0.338. The topological polar surface area (TPSA) is 39.7 Å². The lowest BCUT2D eigenvalue weighted by atomic mass is 10.2. The standard InChI is InChI=1S/C21H25Cl2NO3/c1-2-25-21-11-15(12-24-13-17-4-3-9-26-17)6-8-20(21)27-14-16-5-7-18(22)19(23)10-16/h5-8,10-11,17,24H,2-4,9,12-14H2,1H3. The molecule has 4 nitrogen and oxygen atoms in total. The number of benzene rings is 2. The quantitative estimate of drug-likeness (QED) is 0.614. The molecule has 0 saturated carbocycles. The number of rotatable bonds is 9. The van der Waals surface area contributed by atoms with E-state index in [1.165, 1.54) is 0 Å². The Morgan fingerprint density at radius 1 is 1.04 bits per heavy atom. The van der Waals surface area contributed by atoms with E-state index in [0.717, 1.165) is 49.4 Å². The van der Waals surface area contributed by atoms with E-state index in [-0.39, 0.29) is 0 Å². The van der Waals surface area contributed by atoms with Crippen LogP contribution in [-0.4, -0.2) is 25.9 Å². The zero-order valence-corrected chi connectivity index (χ0v) is 17.0. The van der Waals surface area contributed by atoms with Gasteiger partial charge in [-0.1, -0.05) is 35.3 Å². The first kappa shape index (κ1) is 20.3. The highest BCUT2D eigenvalue weighted by Gasteiger charge is 2.14. The van der Waals surface area contributed by atoms with Crippen LogP contribution >= 0.6 is 23.2 Å². The fourth-order valence-electron chi connectivity index (χ4n) is 3.02. The molecule has 1 N–H and O–H groups in total. The van der Waals surface area contributed by atoms with Crippen LogP contribution in [0.5, 0.6) is 11.5 Å². The minimum Gasteiger partial charge on any atom is -0.490 e. The van der Waals surface area contributed by atoms with Crippen molar-refractivity contribution in [2.45, 2.75) is 39.0 Å². The Morgan fingerprint density at radius 2 is 1.89 bits per heavy atom. The first-order chi connectivity index (χ1) is 13.2. The number of hydrogen-bond acceptors (Lipinski definition) is 4. The molecule has 0 aromatic heterocycles. The van der Waals surface area contributed by atoms with Gasteiger partial charge in [0.25, 0.3) is 0 Å². The Hall–Kier alpha value is -1.46. The summed E-state index contributed by atoms with van der Waals surface area (Å²) < 4.78 is 17.3. The molecule has 27 heavy (non-hydrogen) atoms. The van der Waals surface area contributed by atoms with Gasteiger partial charge in [0, 0.05) is 19.7 Å². The van der Waals surface area contributed by atoms with Crippen molar-refractivity contribution in [3.05, 3.63) is 57.6 Å². The number of ether oxygens (including phenoxy) is 3. The minimum absolute atomic E-state index is 0.338. The molecule has 0 amide bonds. The molecule has 2 aromatic rings. The molecular formula is C21H25Cl2NO3. The van der Waals surface area contributed by atoms with Gasteiger partial charge in [0.15, 0.2) is 11.5 Å². The molecule has 1 atom stereocenters. The fraction of sp³-hybridized carbons (Fsp3) is 0.429. The summed E-state index contributed by atoms with van der Waals surface area (Å²) in [5, 5.41) is 4.51. The summed E-state index contributed by atoms with van der Waals surface area (Å²) in [5.41, 5.74) is 2.10. The van der Waals surface area contributed by atoms with Gasteiger partial charge < -0.3 is 19.5 Å². The third-order valence-electron chi connectivity index (χ3n) is 4.41. The molecule has 0 bridgehead atoms. The van der Waals surface area contributed by atoms with E-state index in [1.54, 1.807) is 6.07 Å². The molecule has 1 aliphatic heterocycles. The second-order valence-corrected chi connectivity index (χ2v) is 7.33.